The number of carbonyl (C=O) groups excluding carboxylic acids is 1. The van der Waals surface area contributed by atoms with Crippen molar-refractivity contribution >= 4 is 11.6 Å². The Bertz CT molecular complexity index is 553. The molecule has 2 aromatic carbocycles. The Kier molecular flexibility index (Phi) is 4.00. The minimum absolute atomic E-state index is 0.0702. The predicted octanol–water partition coefficient (Wildman–Crippen LogP) is 4.37. The molecule has 0 radical (unpaired) electrons. The molecule has 0 heterocycles. The lowest BCUT2D eigenvalue weighted by Gasteiger charge is -2.08. The average Bonchev–Trinajstić information content (AvgIpc) is 2.41. The van der Waals surface area contributed by atoms with E-state index in [0.717, 1.165) is 5.69 Å². The van der Waals surface area contributed by atoms with Gasteiger partial charge in [-0.3, -0.25) is 4.79 Å². The number of amides is 1. The van der Waals surface area contributed by atoms with Crippen LogP contribution >= 0.6 is 0 Å². The highest BCUT2D eigenvalue weighted by Crippen LogP contribution is 2.16. The molecular weight excluding hydrogens is 234 g/mol. The number of nitrogens with one attached hydrogen (secondary N) is 1. The molecule has 0 saturated carbocycles. The molecule has 0 aliphatic heterocycles. The molecule has 0 fully saturated rings. The molecule has 98 valence electrons. The molecule has 0 aliphatic rings. The van der Waals surface area contributed by atoms with Crippen LogP contribution in [0.5, 0.6) is 0 Å². The fourth-order valence-electron chi connectivity index (χ4n) is 1.86. The van der Waals surface area contributed by atoms with Gasteiger partial charge in [0.2, 0.25) is 0 Å². The van der Waals surface area contributed by atoms with Crippen molar-refractivity contribution < 1.29 is 4.79 Å². The number of carbonyl (C=O) groups is 1. The van der Waals surface area contributed by atoms with Gasteiger partial charge in [-0.1, -0.05) is 43.7 Å². The zero-order valence-electron chi connectivity index (χ0n) is 11.6. The topological polar surface area (TPSA) is 29.1 Å². The van der Waals surface area contributed by atoms with Gasteiger partial charge in [0.25, 0.3) is 5.91 Å². The lowest BCUT2D eigenvalue weighted by atomic mass is 10.0. The summed E-state index contributed by atoms with van der Waals surface area (Å²) in [4.78, 5) is 12.1. The average molecular weight is 253 g/mol. The number of rotatable bonds is 3. The minimum Gasteiger partial charge on any atom is -0.322 e. The Hall–Kier alpha value is -2.09. The van der Waals surface area contributed by atoms with Crippen LogP contribution < -0.4 is 5.32 Å². The maximum Gasteiger partial charge on any atom is 0.255 e. The van der Waals surface area contributed by atoms with Crippen molar-refractivity contribution in [2.24, 2.45) is 0 Å². The maximum atomic E-state index is 12.1. The first-order valence-corrected chi connectivity index (χ1v) is 6.54. The Morgan fingerprint density at radius 1 is 0.947 bits per heavy atom. The summed E-state index contributed by atoms with van der Waals surface area (Å²) in [6.07, 6.45) is 0. The summed E-state index contributed by atoms with van der Waals surface area (Å²) >= 11 is 0. The Labute approximate surface area is 114 Å². The third kappa shape index (κ3) is 3.44. The van der Waals surface area contributed by atoms with Gasteiger partial charge in [-0.25, -0.2) is 0 Å². The van der Waals surface area contributed by atoms with Crippen LogP contribution in [0.4, 0.5) is 5.69 Å². The van der Waals surface area contributed by atoms with Gasteiger partial charge >= 0.3 is 0 Å². The lowest BCUT2D eigenvalue weighted by Crippen LogP contribution is -2.11. The van der Waals surface area contributed by atoms with Crippen LogP contribution in [0.15, 0.2) is 48.5 Å². The molecule has 1 N–H and O–H groups in total. The zero-order valence-corrected chi connectivity index (χ0v) is 11.6. The van der Waals surface area contributed by atoms with E-state index in [1.54, 1.807) is 0 Å². The van der Waals surface area contributed by atoms with Crippen LogP contribution in [-0.4, -0.2) is 5.91 Å². The van der Waals surface area contributed by atoms with Crippen molar-refractivity contribution in [3.8, 4) is 0 Å². The van der Waals surface area contributed by atoms with E-state index in [2.05, 4.69) is 19.2 Å². The third-order valence-corrected chi connectivity index (χ3v) is 3.15. The Balaban J connectivity index is 2.09. The molecule has 1 amide bonds. The van der Waals surface area contributed by atoms with Gasteiger partial charge < -0.3 is 5.32 Å². The number of hydrogen-bond donors (Lipinski definition) is 1. The van der Waals surface area contributed by atoms with Gasteiger partial charge in [-0.15, -0.1) is 0 Å². The first-order valence-electron chi connectivity index (χ1n) is 6.54. The summed E-state index contributed by atoms with van der Waals surface area (Å²) in [5.41, 5.74) is 3.93. The van der Waals surface area contributed by atoms with Gasteiger partial charge in [-0.2, -0.15) is 0 Å². The van der Waals surface area contributed by atoms with E-state index in [0.29, 0.717) is 11.5 Å². The third-order valence-electron chi connectivity index (χ3n) is 3.15. The molecule has 2 rings (SSSR count). The van der Waals surface area contributed by atoms with Crippen molar-refractivity contribution in [1.82, 2.24) is 0 Å². The first kappa shape index (κ1) is 13.3. The second-order valence-electron chi connectivity index (χ2n) is 5.10. The molecule has 0 spiro atoms. The molecule has 19 heavy (non-hydrogen) atoms. The van der Waals surface area contributed by atoms with Crippen LogP contribution in [0, 0.1) is 6.92 Å². The molecule has 0 bridgehead atoms. The molecule has 0 atom stereocenters. The van der Waals surface area contributed by atoms with E-state index in [1.165, 1.54) is 11.1 Å². The van der Waals surface area contributed by atoms with Gasteiger partial charge in [-0.05, 0) is 42.7 Å². The molecule has 0 unspecified atom stereocenters. The molecule has 0 aliphatic carbocycles. The zero-order chi connectivity index (χ0) is 13.8. The lowest BCUT2D eigenvalue weighted by molar-refractivity contribution is 0.102. The van der Waals surface area contributed by atoms with Crippen molar-refractivity contribution in [1.29, 1.82) is 0 Å². The highest BCUT2D eigenvalue weighted by Gasteiger charge is 2.06. The van der Waals surface area contributed by atoms with Crippen LogP contribution in [0.25, 0.3) is 0 Å². The molecule has 0 aromatic heterocycles. The van der Waals surface area contributed by atoms with E-state index in [4.69, 9.17) is 0 Å². The van der Waals surface area contributed by atoms with Crippen LogP contribution in [0.3, 0.4) is 0 Å². The van der Waals surface area contributed by atoms with Crippen molar-refractivity contribution in [3.05, 3.63) is 65.2 Å². The van der Waals surface area contributed by atoms with Gasteiger partial charge in [0.15, 0.2) is 0 Å². The van der Waals surface area contributed by atoms with Crippen molar-refractivity contribution in [2.45, 2.75) is 26.7 Å². The van der Waals surface area contributed by atoms with Crippen LogP contribution in [0.2, 0.25) is 0 Å². The molecular formula is C17H19NO. The first-order chi connectivity index (χ1) is 9.06. The molecule has 2 nitrogen and oxygen atoms in total. The standard InChI is InChI=1S/C17H19NO/c1-12(2)14-6-8-15(9-7-14)17(19)18-16-10-4-13(3)5-11-16/h4-12H,1-3H3,(H,18,19). The second-order valence-corrected chi connectivity index (χ2v) is 5.10. The van der Waals surface area contributed by atoms with Crippen molar-refractivity contribution in [2.75, 3.05) is 5.32 Å². The van der Waals surface area contributed by atoms with Crippen LogP contribution in [0.1, 0.15) is 41.3 Å². The number of benzene rings is 2. The van der Waals surface area contributed by atoms with E-state index >= 15 is 0 Å². The van der Waals surface area contributed by atoms with E-state index in [9.17, 15) is 4.79 Å². The van der Waals surface area contributed by atoms with Gasteiger partial charge in [0, 0.05) is 11.3 Å². The summed E-state index contributed by atoms with van der Waals surface area (Å²) in [6.45, 7) is 6.30. The summed E-state index contributed by atoms with van der Waals surface area (Å²) in [5, 5.41) is 2.90. The summed E-state index contributed by atoms with van der Waals surface area (Å²) in [6, 6.07) is 15.6. The molecule has 2 heteroatoms. The van der Waals surface area contributed by atoms with E-state index in [1.807, 2.05) is 55.5 Å². The minimum atomic E-state index is -0.0702. The fourth-order valence-corrected chi connectivity index (χ4v) is 1.86. The Morgan fingerprint density at radius 3 is 2.05 bits per heavy atom. The normalized spacial score (nSPS) is 10.5. The highest BCUT2D eigenvalue weighted by molar-refractivity contribution is 6.04. The SMILES string of the molecule is Cc1ccc(NC(=O)c2ccc(C(C)C)cc2)cc1. The van der Waals surface area contributed by atoms with E-state index in [-0.39, 0.29) is 5.91 Å². The Morgan fingerprint density at radius 2 is 1.53 bits per heavy atom. The van der Waals surface area contributed by atoms with Gasteiger partial charge in [0.05, 0.1) is 0 Å². The smallest absolute Gasteiger partial charge is 0.255 e. The number of anilines is 1. The van der Waals surface area contributed by atoms with Gasteiger partial charge in [0.1, 0.15) is 0 Å². The quantitative estimate of drug-likeness (QED) is 0.864. The monoisotopic (exact) mass is 253 g/mol. The van der Waals surface area contributed by atoms with Crippen LogP contribution in [-0.2, 0) is 0 Å². The van der Waals surface area contributed by atoms with Crippen molar-refractivity contribution in [3.63, 3.8) is 0 Å². The summed E-state index contributed by atoms with van der Waals surface area (Å²) in [5.74, 6) is 0.411. The van der Waals surface area contributed by atoms with E-state index < -0.39 is 0 Å². The number of aryl methyl sites for hydroxylation is 1. The highest BCUT2D eigenvalue weighted by atomic mass is 16.1. The molecule has 0 saturated heterocycles. The summed E-state index contributed by atoms with van der Waals surface area (Å²) in [7, 11) is 0. The maximum absolute atomic E-state index is 12.1. The number of hydrogen-bond acceptors (Lipinski definition) is 1. The predicted molar refractivity (Wildman–Crippen MR) is 79.7 cm³/mol. The summed E-state index contributed by atoms with van der Waals surface area (Å²) < 4.78 is 0. The molecule has 2 aromatic rings. The fraction of sp³-hybridized carbons (Fsp3) is 0.235. The second kappa shape index (κ2) is 5.70. The largest absolute Gasteiger partial charge is 0.322 e.